The average Bonchev–Trinajstić information content (AvgIpc) is 2.53. The van der Waals surface area contributed by atoms with Crippen molar-refractivity contribution in [1.29, 1.82) is 0 Å². The van der Waals surface area contributed by atoms with Crippen LogP contribution in [0.2, 0.25) is 0 Å². The Hall–Kier alpha value is -1.39. The maximum Gasteiger partial charge on any atom is 0.220 e. The summed E-state index contributed by atoms with van der Waals surface area (Å²) in [6.45, 7) is 2.76. The lowest BCUT2D eigenvalue weighted by Gasteiger charge is -2.60. The van der Waals surface area contributed by atoms with Gasteiger partial charge in [-0.2, -0.15) is 0 Å². The molecule has 4 aliphatic carbocycles. The Labute approximate surface area is 163 Å². The van der Waals surface area contributed by atoms with Gasteiger partial charge in [0.15, 0.2) is 0 Å². The standard InChI is InChI=1S/C23H34N2O2/c1-16-6-4-5-7-19(16)20(25(2)3)14-24-21(26)13-22-9-17-8-18(10-22)12-23(27,11-17)15-22/h4-7,17-18,20,27H,8-15H2,1-3H3,(H,24,26)/t17-,18-,20+,22?,23?/m0/s1. The molecule has 4 bridgehead atoms. The fourth-order valence-corrected chi connectivity index (χ4v) is 6.75. The van der Waals surface area contributed by atoms with Crippen LogP contribution in [0, 0.1) is 24.2 Å². The van der Waals surface area contributed by atoms with Crippen LogP contribution in [-0.2, 0) is 4.79 Å². The molecule has 1 aromatic carbocycles. The molecule has 4 fully saturated rings. The van der Waals surface area contributed by atoms with Crippen LogP contribution in [0.25, 0.3) is 0 Å². The first-order valence-corrected chi connectivity index (χ1v) is 10.5. The fraction of sp³-hybridized carbons (Fsp3) is 0.696. The van der Waals surface area contributed by atoms with Crippen molar-refractivity contribution in [3.8, 4) is 0 Å². The number of hydrogen-bond acceptors (Lipinski definition) is 3. The summed E-state index contributed by atoms with van der Waals surface area (Å²) in [4.78, 5) is 15.0. The van der Waals surface area contributed by atoms with Crippen LogP contribution in [0.5, 0.6) is 0 Å². The average molecular weight is 371 g/mol. The maximum absolute atomic E-state index is 12.9. The summed E-state index contributed by atoms with van der Waals surface area (Å²) in [7, 11) is 4.13. The van der Waals surface area contributed by atoms with Crippen molar-refractivity contribution in [2.75, 3.05) is 20.6 Å². The lowest BCUT2D eigenvalue weighted by atomic mass is 9.47. The number of rotatable bonds is 6. The molecule has 4 nitrogen and oxygen atoms in total. The molecule has 3 atom stereocenters. The summed E-state index contributed by atoms with van der Waals surface area (Å²) in [5.74, 6) is 1.41. The van der Waals surface area contributed by atoms with Gasteiger partial charge in [0.2, 0.25) is 5.91 Å². The molecule has 0 aliphatic heterocycles. The predicted octanol–water partition coefficient (Wildman–Crippen LogP) is 3.44. The molecule has 1 aromatic rings. The molecular formula is C23H34N2O2. The molecule has 0 saturated heterocycles. The molecule has 0 spiro atoms. The number of likely N-dealkylation sites (N-methyl/N-ethyl adjacent to an activating group) is 1. The lowest BCUT2D eigenvalue weighted by Crippen LogP contribution is -2.56. The minimum Gasteiger partial charge on any atom is -0.390 e. The van der Waals surface area contributed by atoms with E-state index in [9.17, 15) is 9.90 Å². The van der Waals surface area contributed by atoms with Crippen molar-refractivity contribution in [3.63, 3.8) is 0 Å². The van der Waals surface area contributed by atoms with Crippen LogP contribution in [0.4, 0.5) is 0 Å². The van der Waals surface area contributed by atoms with Gasteiger partial charge in [0.05, 0.1) is 11.6 Å². The summed E-state index contributed by atoms with van der Waals surface area (Å²) in [5.41, 5.74) is 2.08. The van der Waals surface area contributed by atoms with Crippen molar-refractivity contribution < 1.29 is 9.90 Å². The van der Waals surface area contributed by atoms with E-state index < -0.39 is 5.60 Å². The first-order valence-electron chi connectivity index (χ1n) is 10.5. The van der Waals surface area contributed by atoms with Crippen LogP contribution in [-0.4, -0.2) is 42.2 Å². The van der Waals surface area contributed by atoms with Gasteiger partial charge in [0.25, 0.3) is 0 Å². The Morgan fingerprint density at radius 2 is 1.89 bits per heavy atom. The number of hydrogen-bond donors (Lipinski definition) is 2. The number of carbonyl (C=O) groups excluding carboxylic acids is 1. The Morgan fingerprint density at radius 1 is 1.22 bits per heavy atom. The van der Waals surface area contributed by atoms with Gasteiger partial charge in [-0.1, -0.05) is 24.3 Å². The van der Waals surface area contributed by atoms with Crippen molar-refractivity contribution in [2.24, 2.45) is 17.3 Å². The van der Waals surface area contributed by atoms with Gasteiger partial charge < -0.3 is 15.3 Å². The number of amides is 1. The summed E-state index contributed by atoms with van der Waals surface area (Å²) < 4.78 is 0. The molecule has 27 heavy (non-hydrogen) atoms. The van der Waals surface area contributed by atoms with Crippen LogP contribution in [0.1, 0.15) is 62.1 Å². The minimum atomic E-state index is -0.488. The molecule has 148 valence electrons. The van der Waals surface area contributed by atoms with Crippen molar-refractivity contribution in [3.05, 3.63) is 35.4 Å². The SMILES string of the molecule is Cc1ccccc1[C@@H](CNC(=O)CC12C[C@@H]3C[C@H](CC(O)(C3)C1)C2)N(C)C. The quantitative estimate of drug-likeness (QED) is 0.807. The topological polar surface area (TPSA) is 52.6 Å². The van der Waals surface area contributed by atoms with E-state index in [-0.39, 0.29) is 17.4 Å². The van der Waals surface area contributed by atoms with E-state index in [1.807, 2.05) is 0 Å². The summed E-state index contributed by atoms with van der Waals surface area (Å²) in [6, 6.07) is 8.58. The highest BCUT2D eigenvalue weighted by atomic mass is 16.3. The van der Waals surface area contributed by atoms with Gasteiger partial charge in [-0.3, -0.25) is 4.79 Å². The van der Waals surface area contributed by atoms with Crippen molar-refractivity contribution in [1.82, 2.24) is 10.2 Å². The fourth-order valence-electron chi connectivity index (χ4n) is 6.75. The Balaban J connectivity index is 1.40. The molecule has 0 radical (unpaired) electrons. The highest BCUT2D eigenvalue weighted by molar-refractivity contribution is 5.77. The largest absolute Gasteiger partial charge is 0.390 e. The third-order valence-electron chi connectivity index (χ3n) is 7.35. The minimum absolute atomic E-state index is 0.0409. The first kappa shape index (κ1) is 18.9. The highest BCUT2D eigenvalue weighted by Crippen LogP contribution is 2.62. The number of aliphatic hydroxyl groups is 1. The van der Waals surface area contributed by atoms with Gasteiger partial charge in [0, 0.05) is 13.0 Å². The third kappa shape index (κ3) is 3.79. The first-order chi connectivity index (χ1) is 12.8. The van der Waals surface area contributed by atoms with Crippen LogP contribution in [0.15, 0.2) is 24.3 Å². The maximum atomic E-state index is 12.9. The lowest BCUT2D eigenvalue weighted by molar-refractivity contribution is -0.169. The van der Waals surface area contributed by atoms with E-state index in [0.29, 0.717) is 24.8 Å². The zero-order valence-corrected chi connectivity index (χ0v) is 17.0. The van der Waals surface area contributed by atoms with Gasteiger partial charge in [-0.15, -0.1) is 0 Å². The van der Waals surface area contributed by atoms with E-state index in [0.717, 1.165) is 32.1 Å². The summed E-state index contributed by atoms with van der Waals surface area (Å²) >= 11 is 0. The zero-order chi connectivity index (χ0) is 19.2. The Bertz CT molecular complexity index is 700. The molecule has 5 rings (SSSR count). The van der Waals surface area contributed by atoms with Crippen LogP contribution in [0.3, 0.4) is 0 Å². The third-order valence-corrected chi connectivity index (χ3v) is 7.35. The molecule has 4 aliphatic rings. The second-order valence-corrected chi connectivity index (χ2v) is 10.0. The monoisotopic (exact) mass is 370 g/mol. The number of nitrogens with one attached hydrogen (secondary N) is 1. The van der Waals surface area contributed by atoms with Gasteiger partial charge in [-0.05, 0) is 87.9 Å². The molecule has 0 heterocycles. The number of benzene rings is 1. The Kier molecular flexibility index (Phi) is 4.84. The molecule has 4 saturated carbocycles. The highest BCUT2D eigenvalue weighted by Gasteiger charge is 2.57. The second-order valence-electron chi connectivity index (χ2n) is 10.0. The normalized spacial score (nSPS) is 35.4. The van der Waals surface area contributed by atoms with Crippen molar-refractivity contribution in [2.45, 2.75) is 63.5 Å². The molecule has 1 amide bonds. The number of carbonyl (C=O) groups is 1. The van der Waals surface area contributed by atoms with Gasteiger partial charge in [-0.25, -0.2) is 0 Å². The zero-order valence-electron chi connectivity index (χ0n) is 17.0. The number of nitrogens with zero attached hydrogens (tertiary/aromatic N) is 1. The molecular weight excluding hydrogens is 336 g/mol. The van der Waals surface area contributed by atoms with Crippen LogP contribution < -0.4 is 5.32 Å². The van der Waals surface area contributed by atoms with Crippen LogP contribution >= 0.6 is 0 Å². The number of aryl methyl sites for hydroxylation is 1. The Morgan fingerprint density at radius 3 is 2.48 bits per heavy atom. The smallest absolute Gasteiger partial charge is 0.220 e. The van der Waals surface area contributed by atoms with Crippen molar-refractivity contribution >= 4 is 5.91 Å². The molecule has 2 N–H and O–H groups in total. The molecule has 4 heteroatoms. The predicted molar refractivity (Wildman–Crippen MR) is 107 cm³/mol. The van der Waals surface area contributed by atoms with Gasteiger partial charge >= 0.3 is 0 Å². The van der Waals surface area contributed by atoms with E-state index in [1.54, 1.807) is 0 Å². The summed E-state index contributed by atoms with van der Waals surface area (Å²) in [5, 5.41) is 14.1. The molecule has 0 unspecified atom stereocenters. The van der Waals surface area contributed by atoms with E-state index in [1.165, 1.54) is 17.5 Å². The van der Waals surface area contributed by atoms with E-state index in [2.05, 4.69) is 55.5 Å². The van der Waals surface area contributed by atoms with Gasteiger partial charge in [0.1, 0.15) is 0 Å². The summed E-state index contributed by atoms with van der Waals surface area (Å²) in [6.07, 6.45) is 6.86. The van der Waals surface area contributed by atoms with E-state index in [4.69, 9.17) is 0 Å². The van der Waals surface area contributed by atoms with E-state index >= 15 is 0 Å². The molecule has 0 aromatic heterocycles. The second kappa shape index (κ2) is 6.89.